The average Bonchev–Trinajstić information content (AvgIpc) is 2.74. The Kier molecular flexibility index (Phi) is 5.06. The highest BCUT2D eigenvalue weighted by Crippen LogP contribution is 2.26. The Labute approximate surface area is 171 Å². The van der Waals surface area contributed by atoms with Crippen LogP contribution in [0, 0.1) is 0 Å². The molecule has 0 atom stereocenters. The number of halogens is 1. The Bertz CT molecular complexity index is 1260. The third-order valence-corrected chi connectivity index (χ3v) is 4.81. The maximum absolute atomic E-state index is 12.5. The summed E-state index contributed by atoms with van der Waals surface area (Å²) >= 11 is 6.06. The van der Waals surface area contributed by atoms with E-state index in [4.69, 9.17) is 20.8 Å². The first-order valence-electron chi connectivity index (χ1n) is 8.83. The van der Waals surface area contributed by atoms with Gasteiger partial charge < -0.3 is 14.5 Å². The fraction of sp³-hybridized carbons (Fsp3) is 0.0435. The highest BCUT2D eigenvalue weighted by Gasteiger charge is 2.11. The van der Waals surface area contributed by atoms with Crippen LogP contribution in [-0.2, 0) is 0 Å². The number of amides is 1. The van der Waals surface area contributed by atoms with Gasteiger partial charge in [0.25, 0.3) is 5.91 Å². The minimum atomic E-state index is -0.297. The lowest BCUT2D eigenvalue weighted by Gasteiger charge is -2.08. The van der Waals surface area contributed by atoms with Gasteiger partial charge in [-0.15, -0.1) is 0 Å². The topological polar surface area (TPSA) is 68.5 Å². The van der Waals surface area contributed by atoms with Crippen LogP contribution in [-0.4, -0.2) is 13.0 Å². The zero-order valence-electron chi connectivity index (χ0n) is 15.4. The van der Waals surface area contributed by atoms with Gasteiger partial charge in [-0.2, -0.15) is 0 Å². The summed E-state index contributed by atoms with van der Waals surface area (Å²) < 4.78 is 11.0. The summed E-state index contributed by atoms with van der Waals surface area (Å²) in [5.41, 5.74) is 2.04. The molecule has 1 aromatic heterocycles. The third-order valence-electron chi connectivity index (χ3n) is 4.48. The molecule has 5 nitrogen and oxygen atoms in total. The number of rotatable bonds is 4. The van der Waals surface area contributed by atoms with E-state index in [1.807, 2.05) is 0 Å². The molecule has 0 saturated carbocycles. The zero-order chi connectivity index (χ0) is 20.4. The largest absolute Gasteiger partial charge is 0.497 e. The van der Waals surface area contributed by atoms with Gasteiger partial charge in [-0.3, -0.25) is 9.59 Å². The summed E-state index contributed by atoms with van der Waals surface area (Å²) in [7, 11) is 1.54. The second-order valence-electron chi connectivity index (χ2n) is 6.35. The number of hydrogen-bond acceptors (Lipinski definition) is 4. The van der Waals surface area contributed by atoms with Crippen LogP contribution in [0.25, 0.3) is 22.3 Å². The maximum Gasteiger partial charge on any atom is 0.257 e. The van der Waals surface area contributed by atoms with Crippen molar-refractivity contribution in [3.63, 3.8) is 0 Å². The van der Waals surface area contributed by atoms with E-state index in [1.54, 1.807) is 73.8 Å². The quantitative estimate of drug-likeness (QED) is 0.495. The molecule has 0 saturated heterocycles. The first kappa shape index (κ1) is 18.8. The SMILES string of the molecule is COc1ccc2oc(-c3ccc(NC(=O)c4ccccc4Cl)cc3)cc(=O)c2c1. The lowest BCUT2D eigenvalue weighted by Crippen LogP contribution is -2.12. The molecule has 0 spiro atoms. The molecule has 0 aliphatic rings. The van der Waals surface area contributed by atoms with Gasteiger partial charge >= 0.3 is 0 Å². The molecule has 3 aromatic carbocycles. The Morgan fingerprint density at radius 3 is 2.48 bits per heavy atom. The van der Waals surface area contributed by atoms with Gasteiger partial charge in [0.1, 0.15) is 17.1 Å². The van der Waals surface area contributed by atoms with Crippen LogP contribution in [0.1, 0.15) is 10.4 Å². The number of nitrogens with one attached hydrogen (secondary N) is 1. The van der Waals surface area contributed by atoms with Crippen LogP contribution >= 0.6 is 11.6 Å². The van der Waals surface area contributed by atoms with Crippen molar-refractivity contribution < 1.29 is 13.9 Å². The van der Waals surface area contributed by atoms with Crippen molar-refractivity contribution >= 4 is 34.2 Å². The molecule has 0 aliphatic carbocycles. The van der Waals surface area contributed by atoms with Crippen LogP contribution in [0.15, 0.2) is 82.0 Å². The Balaban J connectivity index is 1.60. The molecule has 1 N–H and O–H groups in total. The molecule has 0 radical (unpaired) electrons. The molecule has 0 fully saturated rings. The second kappa shape index (κ2) is 7.81. The van der Waals surface area contributed by atoms with Crippen LogP contribution in [0.2, 0.25) is 5.02 Å². The highest BCUT2D eigenvalue weighted by molar-refractivity contribution is 6.34. The lowest BCUT2D eigenvalue weighted by molar-refractivity contribution is 0.102. The number of carbonyl (C=O) groups excluding carboxylic acids is 1. The van der Waals surface area contributed by atoms with E-state index in [2.05, 4.69) is 5.32 Å². The number of benzene rings is 3. The number of methoxy groups -OCH3 is 1. The number of carbonyl (C=O) groups is 1. The van der Waals surface area contributed by atoms with Crippen molar-refractivity contribution in [3.8, 4) is 17.1 Å². The number of ether oxygens (including phenoxy) is 1. The summed E-state index contributed by atoms with van der Waals surface area (Å²) in [6.07, 6.45) is 0. The smallest absolute Gasteiger partial charge is 0.257 e. The monoisotopic (exact) mass is 405 g/mol. The van der Waals surface area contributed by atoms with Crippen molar-refractivity contribution in [1.82, 2.24) is 0 Å². The van der Waals surface area contributed by atoms with Gasteiger partial charge in [0.2, 0.25) is 0 Å². The van der Waals surface area contributed by atoms with Gasteiger partial charge in [-0.1, -0.05) is 23.7 Å². The molecule has 1 amide bonds. The van der Waals surface area contributed by atoms with Gasteiger partial charge in [-0.05, 0) is 54.6 Å². The molecule has 6 heteroatoms. The molecule has 1 heterocycles. The van der Waals surface area contributed by atoms with Crippen LogP contribution < -0.4 is 15.5 Å². The molecule has 0 unspecified atom stereocenters. The van der Waals surface area contributed by atoms with Crippen molar-refractivity contribution in [2.75, 3.05) is 12.4 Å². The van der Waals surface area contributed by atoms with Gasteiger partial charge in [0.15, 0.2) is 5.43 Å². The van der Waals surface area contributed by atoms with Crippen molar-refractivity contribution in [2.45, 2.75) is 0 Å². The van der Waals surface area contributed by atoms with E-state index in [9.17, 15) is 9.59 Å². The van der Waals surface area contributed by atoms with E-state index >= 15 is 0 Å². The van der Waals surface area contributed by atoms with Gasteiger partial charge in [0, 0.05) is 17.3 Å². The fourth-order valence-corrected chi connectivity index (χ4v) is 3.19. The third kappa shape index (κ3) is 3.86. The van der Waals surface area contributed by atoms with Crippen molar-refractivity contribution in [1.29, 1.82) is 0 Å². The Hall–Kier alpha value is -3.57. The summed E-state index contributed by atoms with van der Waals surface area (Å²) in [5, 5.41) is 3.64. The molecular formula is C23H16ClNO4. The van der Waals surface area contributed by atoms with E-state index < -0.39 is 0 Å². The molecule has 144 valence electrons. The molecule has 29 heavy (non-hydrogen) atoms. The summed E-state index contributed by atoms with van der Waals surface area (Å²) in [5.74, 6) is 0.738. The van der Waals surface area contributed by atoms with E-state index in [-0.39, 0.29) is 11.3 Å². The first-order chi connectivity index (χ1) is 14.0. The summed E-state index contributed by atoms with van der Waals surface area (Å²) in [6, 6.07) is 20.4. The van der Waals surface area contributed by atoms with Crippen LogP contribution in [0.5, 0.6) is 5.75 Å². The Morgan fingerprint density at radius 2 is 1.76 bits per heavy atom. The minimum Gasteiger partial charge on any atom is -0.497 e. The van der Waals surface area contributed by atoms with E-state index in [0.717, 1.165) is 5.56 Å². The summed E-state index contributed by atoms with van der Waals surface area (Å²) in [6.45, 7) is 0. The first-order valence-corrected chi connectivity index (χ1v) is 9.21. The number of hydrogen-bond donors (Lipinski definition) is 1. The predicted octanol–water partition coefficient (Wildman–Crippen LogP) is 5.37. The van der Waals surface area contributed by atoms with Crippen molar-refractivity contribution in [3.05, 3.63) is 93.6 Å². The average molecular weight is 406 g/mol. The maximum atomic E-state index is 12.5. The molecule has 4 rings (SSSR count). The fourth-order valence-electron chi connectivity index (χ4n) is 2.97. The Morgan fingerprint density at radius 1 is 1.00 bits per heavy atom. The highest BCUT2D eigenvalue weighted by atomic mass is 35.5. The second-order valence-corrected chi connectivity index (χ2v) is 6.76. The van der Waals surface area contributed by atoms with Gasteiger partial charge in [-0.25, -0.2) is 0 Å². The predicted molar refractivity (Wildman–Crippen MR) is 114 cm³/mol. The number of anilines is 1. The normalized spacial score (nSPS) is 10.7. The molecule has 0 bridgehead atoms. The zero-order valence-corrected chi connectivity index (χ0v) is 16.2. The van der Waals surface area contributed by atoms with E-state index in [0.29, 0.717) is 38.8 Å². The van der Waals surface area contributed by atoms with Crippen LogP contribution in [0.4, 0.5) is 5.69 Å². The van der Waals surface area contributed by atoms with Crippen molar-refractivity contribution in [2.24, 2.45) is 0 Å². The van der Waals surface area contributed by atoms with Crippen LogP contribution in [0.3, 0.4) is 0 Å². The number of fused-ring (bicyclic) bond motifs is 1. The standard InChI is InChI=1S/C23H16ClNO4/c1-28-16-10-11-21-18(12-16)20(26)13-22(29-21)14-6-8-15(9-7-14)25-23(27)17-4-2-3-5-19(17)24/h2-13H,1H3,(H,25,27). The lowest BCUT2D eigenvalue weighted by atomic mass is 10.1. The molecular weight excluding hydrogens is 390 g/mol. The summed E-state index contributed by atoms with van der Waals surface area (Å²) in [4.78, 5) is 24.8. The van der Waals surface area contributed by atoms with Gasteiger partial charge in [0.05, 0.1) is 23.1 Å². The molecule has 4 aromatic rings. The minimum absolute atomic E-state index is 0.156. The molecule has 0 aliphatic heterocycles. The van der Waals surface area contributed by atoms with E-state index in [1.165, 1.54) is 6.07 Å².